The van der Waals surface area contributed by atoms with Crippen LogP contribution in [-0.4, -0.2) is 19.5 Å². The van der Waals surface area contributed by atoms with Crippen molar-refractivity contribution in [3.63, 3.8) is 0 Å². The lowest BCUT2D eigenvalue weighted by atomic mass is 10.0. The molecule has 0 atom stereocenters. The van der Waals surface area contributed by atoms with Crippen molar-refractivity contribution in [2.24, 2.45) is 0 Å². The van der Waals surface area contributed by atoms with Gasteiger partial charge in [0, 0.05) is 53.3 Å². The number of para-hydroxylation sites is 1. The number of nitrogens with zero attached hydrogens (tertiary/aromatic N) is 4. The Kier molecular flexibility index (Phi) is 4.84. The minimum atomic E-state index is -0.499. The molecule has 3 aromatic heterocycles. The van der Waals surface area contributed by atoms with Crippen LogP contribution in [0.4, 0.5) is 0 Å². The van der Waals surface area contributed by atoms with E-state index in [1.54, 1.807) is 34.1 Å². The normalized spacial score (nSPS) is 14.1. The number of benzene rings is 7. The predicted octanol–water partition coefficient (Wildman–Crippen LogP) is 12.0. The maximum atomic E-state index is 9.02. The molecule has 0 aliphatic heterocycles. The van der Waals surface area contributed by atoms with Crippen molar-refractivity contribution in [2.45, 2.75) is 0 Å². The average molecular weight is 666 g/mol. The fourth-order valence-electron chi connectivity index (χ4n) is 6.51. The van der Waals surface area contributed by atoms with E-state index in [9.17, 15) is 0 Å². The molecule has 0 unspecified atom stereocenters. The van der Waals surface area contributed by atoms with Crippen LogP contribution in [0.25, 0.3) is 93.0 Å². The summed E-state index contributed by atoms with van der Waals surface area (Å²) < 4.78 is 80.9. The first-order valence-electron chi connectivity index (χ1n) is 20.5. The number of hydrogen-bond acceptors (Lipinski definition) is 4. The fourth-order valence-corrected chi connectivity index (χ4v) is 7.66. The molecule has 7 aromatic carbocycles. The summed E-state index contributed by atoms with van der Waals surface area (Å²) >= 11 is 1.72. The Hall–Kier alpha value is -6.43. The minimum Gasteiger partial charge on any atom is -0.309 e. The van der Waals surface area contributed by atoms with E-state index in [4.69, 9.17) is 27.3 Å². The standard InChI is InChI=1S/C45H28N4S/c1-3-11-29(12-4-1)32-21-25-36-35-15-7-9-17-39(35)49(40(36)27-32)34-23-19-31(20-24-34)44-46-43(30-13-5-2-6-14-30)47-45(48-44)33-22-26-38-37-16-8-10-18-41(37)50-42(38)28-33/h1-28H/i1D,3D,4D,7D,9D,11D,12D,15D,17D. The van der Waals surface area contributed by atoms with Gasteiger partial charge in [0.1, 0.15) is 0 Å². The van der Waals surface area contributed by atoms with Gasteiger partial charge < -0.3 is 4.57 Å². The summed E-state index contributed by atoms with van der Waals surface area (Å²) in [5, 5.41) is 3.17. The van der Waals surface area contributed by atoms with Crippen molar-refractivity contribution >= 4 is 53.3 Å². The van der Waals surface area contributed by atoms with Gasteiger partial charge in [-0.3, -0.25) is 0 Å². The van der Waals surface area contributed by atoms with Gasteiger partial charge in [0.15, 0.2) is 17.5 Å². The van der Waals surface area contributed by atoms with Crippen LogP contribution in [0.2, 0.25) is 0 Å². The summed E-state index contributed by atoms with van der Waals surface area (Å²) in [6, 6.07) is 33.2. The minimum absolute atomic E-state index is 0.0102. The van der Waals surface area contributed by atoms with Crippen LogP contribution in [0, 0.1) is 0 Å². The Morgan fingerprint density at radius 1 is 0.420 bits per heavy atom. The molecule has 234 valence electrons. The predicted molar refractivity (Wildman–Crippen MR) is 209 cm³/mol. The second kappa shape index (κ2) is 11.6. The molecule has 0 spiro atoms. The first-order chi connectivity index (χ1) is 28.5. The third kappa shape index (κ3) is 4.79. The molecule has 0 bridgehead atoms. The van der Waals surface area contributed by atoms with E-state index >= 15 is 0 Å². The van der Waals surface area contributed by atoms with E-state index in [2.05, 4.69) is 24.3 Å². The zero-order chi connectivity index (χ0) is 40.9. The summed E-state index contributed by atoms with van der Waals surface area (Å²) in [5.41, 5.74) is 3.96. The average Bonchev–Trinajstić information content (AvgIpc) is 3.82. The van der Waals surface area contributed by atoms with Gasteiger partial charge in [0.05, 0.1) is 23.4 Å². The number of thiophene rings is 1. The van der Waals surface area contributed by atoms with Crippen molar-refractivity contribution in [3.8, 4) is 51.0 Å². The maximum absolute atomic E-state index is 9.02. The van der Waals surface area contributed by atoms with E-state index in [1.165, 1.54) is 10.1 Å². The molecule has 50 heavy (non-hydrogen) atoms. The van der Waals surface area contributed by atoms with Crippen molar-refractivity contribution in [1.29, 1.82) is 0 Å². The van der Waals surface area contributed by atoms with Gasteiger partial charge in [-0.25, -0.2) is 15.0 Å². The molecule has 0 saturated carbocycles. The first-order valence-corrected chi connectivity index (χ1v) is 16.8. The highest BCUT2D eigenvalue weighted by Gasteiger charge is 2.16. The van der Waals surface area contributed by atoms with E-state index in [1.807, 2.05) is 72.8 Å². The lowest BCUT2D eigenvalue weighted by Gasteiger charge is -2.11. The van der Waals surface area contributed by atoms with Crippen molar-refractivity contribution in [2.75, 3.05) is 0 Å². The maximum Gasteiger partial charge on any atom is 0.164 e. The van der Waals surface area contributed by atoms with Gasteiger partial charge in [-0.2, -0.15) is 0 Å². The largest absolute Gasteiger partial charge is 0.309 e. The molecular weight excluding hydrogens is 629 g/mol. The SMILES string of the molecule is [2H]c1c([2H])c([2H])c(-c2ccc3c4c([2H])c([2H])c([2H])c([2H])c4n(-c4ccc(-c5nc(-c6ccccc6)nc(-c6ccc7c(c6)sc6ccccc67)n5)cc4)c3c2)c([2H])c1[2H]. The molecule has 0 aliphatic carbocycles. The lowest BCUT2D eigenvalue weighted by Crippen LogP contribution is -2.00. The Morgan fingerprint density at radius 2 is 1.04 bits per heavy atom. The summed E-state index contributed by atoms with van der Waals surface area (Å²) in [7, 11) is 0. The van der Waals surface area contributed by atoms with Crippen LogP contribution in [0.15, 0.2) is 170 Å². The molecule has 5 heteroatoms. The van der Waals surface area contributed by atoms with Crippen molar-refractivity contribution in [3.05, 3.63) is 170 Å². The molecule has 0 N–H and O–H groups in total. The number of aromatic nitrogens is 4. The number of rotatable bonds is 5. The molecular formula is C45H28N4S. The molecule has 0 fully saturated rings. The van der Waals surface area contributed by atoms with E-state index < -0.39 is 24.2 Å². The molecule has 0 amide bonds. The van der Waals surface area contributed by atoms with Crippen LogP contribution in [0.3, 0.4) is 0 Å². The molecule has 0 aliphatic rings. The number of fused-ring (bicyclic) bond motifs is 6. The highest BCUT2D eigenvalue weighted by Crippen LogP contribution is 2.37. The zero-order valence-electron chi connectivity index (χ0n) is 35.2. The highest BCUT2D eigenvalue weighted by atomic mass is 32.1. The fraction of sp³-hybridized carbons (Fsp3) is 0. The summed E-state index contributed by atoms with van der Waals surface area (Å²) in [5.74, 6) is 1.45. The van der Waals surface area contributed by atoms with Crippen molar-refractivity contribution in [1.82, 2.24) is 19.5 Å². The van der Waals surface area contributed by atoms with Crippen molar-refractivity contribution < 1.29 is 12.3 Å². The molecule has 4 nitrogen and oxygen atoms in total. The van der Waals surface area contributed by atoms with Gasteiger partial charge in [-0.05, 0) is 59.6 Å². The highest BCUT2D eigenvalue weighted by molar-refractivity contribution is 7.25. The molecule has 10 rings (SSSR count). The second-order valence-electron chi connectivity index (χ2n) is 11.8. The Balaban J connectivity index is 1.15. The van der Waals surface area contributed by atoms with Crippen LogP contribution in [0.1, 0.15) is 12.3 Å². The van der Waals surface area contributed by atoms with Gasteiger partial charge >= 0.3 is 0 Å². The van der Waals surface area contributed by atoms with Gasteiger partial charge in [-0.1, -0.05) is 121 Å². The third-order valence-corrected chi connectivity index (χ3v) is 10.0. The third-order valence-electron chi connectivity index (χ3n) is 8.88. The Morgan fingerprint density at radius 3 is 1.86 bits per heavy atom. The smallest absolute Gasteiger partial charge is 0.164 e. The molecule has 10 aromatic rings. The Labute approximate surface area is 305 Å². The molecule has 0 radical (unpaired) electrons. The summed E-state index contributed by atoms with van der Waals surface area (Å²) in [6.45, 7) is 0. The van der Waals surface area contributed by atoms with Gasteiger partial charge in [0.2, 0.25) is 0 Å². The van der Waals surface area contributed by atoms with Crippen LogP contribution >= 0.6 is 11.3 Å². The molecule has 0 saturated heterocycles. The van der Waals surface area contributed by atoms with Gasteiger partial charge in [0.25, 0.3) is 0 Å². The first kappa shape index (κ1) is 20.8. The van der Waals surface area contributed by atoms with E-state index in [0.717, 1.165) is 21.2 Å². The topological polar surface area (TPSA) is 43.6 Å². The zero-order valence-corrected chi connectivity index (χ0v) is 27.0. The summed E-state index contributed by atoms with van der Waals surface area (Å²) in [4.78, 5) is 14.8. The number of hydrogen-bond donors (Lipinski definition) is 0. The Bertz CT molecular complexity index is 3350. The van der Waals surface area contributed by atoms with E-state index in [-0.39, 0.29) is 41.3 Å². The lowest BCUT2D eigenvalue weighted by molar-refractivity contribution is 1.07. The second-order valence-corrected chi connectivity index (χ2v) is 12.9. The quantitative estimate of drug-likeness (QED) is 0.184. The molecule has 3 heterocycles. The summed E-state index contributed by atoms with van der Waals surface area (Å²) in [6.07, 6.45) is 0. The van der Waals surface area contributed by atoms with Crippen LogP contribution in [0.5, 0.6) is 0 Å². The van der Waals surface area contributed by atoms with Crippen LogP contribution in [-0.2, 0) is 0 Å². The monoisotopic (exact) mass is 665 g/mol. The van der Waals surface area contributed by atoms with E-state index in [0.29, 0.717) is 50.6 Å². The van der Waals surface area contributed by atoms with Gasteiger partial charge in [-0.15, -0.1) is 11.3 Å². The van der Waals surface area contributed by atoms with Crippen LogP contribution < -0.4 is 0 Å².